The Morgan fingerprint density at radius 3 is 2.78 bits per heavy atom. The van der Waals surface area contributed by atoms with E-state index >= 15 is 0 Å². The maximum absolute atomic E-state index is 11.4. The number of nitrogens with one attached hydrogen (secondary N) is 1. The quantitative estimate of drug-likeness (QED) is 0.845. The van der Waals surface area contributed by atoms with Crippen LogP contribution in [0.25, 0.3) is 0 Å². The maximum atomic E-state index is 11.4. The van der Waals surface area contributed by atoms with Crippen LogP contribution in [0.5, 0.6) is 0 Å². The number of carbonyl (C=O) groups excluding carboxylic acids is 1. The molecule has 98 valence electrons. The average molecular weight is 270 g/mol. The number of hydrogen-bond donors (Lipinski definition) is 1. The highest BCUT2D eigenvalue weighted by Gasteiger charge is 2.13. The summed E-state index contributed by atoms with van der Waals surface area (Å²) in [7, 11) is 0. The average Bonchev–Trinajstić information content (AvgIpc) is 2.40. The number of morpholine rings is 1. The molecule has 1 aromatic heterocycles. The van der Waals surface area contributed by atoms with Crippen LogP contribution in [0, 0.1) is 0 Å². The van der Waals surface area contributed by atoms with Gasteiger partial charge in [0.25, 0.3) is 0 Å². The second-order valence-electron chi connectivity index (χ2n) is 4.11. The highest BCUT2D eigenvalue weighted by molar-refractivity contribution is 6.32. The zero-order valence-electron chi connectivity index (χ0n) is 10.2. The zero-order chi connectivity index (χ0) is 13.0. The molecule has 1 unspecified atom stereocenters. The summed E-state index contributed by atoms with van der Waals surface area (Å²) in [6.07, 6.45) is 1.64. The number of anilines is 2. The Morgan fingerprint density at radius 1 is 1.50 bits per heavy atom. The molecule has 1 aromatic rings. The molecule has 0 spiro atoms. The Balaban J connectivity index is 1.98. The van der Waals surface area contributed by atoms with Gasteiger partial charge >= 0.3 is 0 Å². The van der Waals surface area contributed by atoms with Crippen LogP contribution in [0.1, 0.15) is 6.92 Å². The lowest BCUT2D eigenvalue weighted by atomic mass is 10.3. The molecule has 6 heteroatoms. The Morgan fingerprint density at radius 2 is 2.22 bits per heavy atom. The van der Waals surface area contributed by atoms with Crippen molar-refractivity contribution in [2.75, 3.05) is 36.5 Å². The largest absolute Gasteiger partial charge is 0.378 e. The van der Waals surface area contributed by atoms with Gasteiger partial charge in [0.2, 0.25) is 5.91 Å². The number of halogens is 1. The van der Waals surface area contributed by atoms with Crippen molar-refractivity contribution in [1.29, 1.82) is 0 Å². The molecular weight excluding hydrogens is 254 g/mol. The minimum Gasteiger partial charge on any atom is -0.378 e. The normalized spacial score (nSPS) is 17.3. The standard InChI is InChI=1S/C12H16ClN3O2/c1-9(13)12(17)15-10-2-3-11(14-8-10)16-4-6-18-7-5-16/h2-3,8-9H,4-7H2,1H3,(H,15,17). The first kappa shape index (κ1) is 13.1. The number of pyridine rings is 1. The molecule has 0 bridgehead atoms. The van der Waals surface area contributed by atoms with Gasteiger partial charge in [-0.3, -0.25) is 4.79 Å². The number of ether oxygens (including phenoxy) is 1. The van der Waals surface area contributed by atoms with Crippen molar-refractivity contribution in [3.8, 4) is 0 Å². The summed E-state index contributed by atoms with van der Waals surface area (Å²) in [5.74, 6) is 0.674. The number of amides is 1. The molecule has 5 nitrogen and oxygen atoms in total. The van der Waals surface area contributed by atoms with E-state index in [-0.39, 0.29) is 5.91 Å². The van der Waals surface area contributed by atoms with Gasteiger partial charge in [0.05, 0.1) is 25.1 Å². The molecule has 1 atom stereocenters. The van der Waals surface area contributed by atoms with E-state index in [0.717, 1.165) is 32.1 Å². The molecule has 2 rings (SSSR count). The molecule has 0 saturated carbocycles. The van der Waals surface area contributed by atoms with E-state index < -0.39 is 5.38 Å². The van der Waals surface area contributed by atoms with Crippen molar-refractivity contribution < 1.29 is 9.53 Å². The van der Waals surface area contributed by atoms with E-state index in [2.05, 4.69) is 15.2 Å². The lowest BCUT2D eigenvalue weighted by Gasteiger charge is -2.27. The molecule has 0 radical (unpaired) electrons. The molecule has 1 saturated heterocycles. The monoisotopic (exact) mass is 269 g/mol. The first-order valence-corrected chi connectivity index (χ1v) is 6.34. The molecule has 1 aliphatic heterocycles. The van der Waals surface area contributed by atoms with Crippen LogP contribution in [0.3, 0.4) is 0 Å². The van der Waals surface area contributed by atoms with E-state index in [1.807, 2.05) is 12.1 Å². The maximum Gasteiger partial charge on any atom is 0.242 e. The van der Waals surface area contributed by atoms with Gasteiger partial charge in [-0.1, -0.05) is 0 Å². The minimum atomic E-state index is -0.552. The molecule has 18 heavy (non-hydrogen) atoms. The Bertz CT molecular complexity index is 402. The van der Waals surface area contributed by atoms with Gasteiger partial charge in [0, 0.05) is 13.1 Å². The molecule has 1 N–H and O–H groups in total. The fourth-order valence-corrected chi connectivity index (χ4v) is 1.74. The predicted octanol–water partition coefficient (Wildman–Crippen LogP) is 1.48. The SMILES string of the molecule is CC(Cl)C(=O)Nc1ccc(N2CCOCC2)nc1. The van der Waals surface area contributed by atoms with Gasteiger partial charge in [-0.15, -0.1) is 11.6 Å². The van der Waals surface area contributed by atoms with E-state index in [0.29, 0.717) is 5.69 Å². The minimum absolute atomic E-state index is 0.224. The van der Waals surface area contributed by atoms with Crippen LogP contribution in [0.15, 0.2) is 18.3 Å². The van der Waals surface area contributed by atoms with Crippen LogP contribution in [-0.4, -0.2) is 42.6 Å². The number of aromatic nitrogens is 1. The number of hydrogen-bond acceptors (Lipinski definition) is 4. The Labute approximate surface area is 111 Å². The number of rotatable bonds is 3. The Hall–Kier alpha value is -1.33. The van der Waals surface area contributed by atoms with E-state index in [1.54, 1.807) is 13.1 Å². The van der Waals surface area contributed by atoms with Crippen molar-refractivity contribution in [2.45, 2.75) is 12.3 Å². The van der Waals surface area contributed by atoms with Crippen molar-refractivity contribution >= 4 is 29.0 Å². The van der Waals surface area contributed by atoms with E-state index in [4.69, 9.17) is 16.3 Å². The number of nitrogens with zero attached hydrogens (tertiary/aromatic N) is 2. The summed E-state index contributed by atoms with van der Waals surface area (Å²) in [5, 5.41) is 2.14. The Kier molecular flexibility index (Phi) is 4.38. The summed E-state index contributed by atoms with van der Waals surface area (Å²) in [6.45, 7) is 4.77. The number of carbonyl (C=O) groups is 1. The zero-order valence-corrected chi connectivity index (χ0v) is 11.0. The second kappa shape index (κ2) is 6.02. The molecule has 0 aliphatic carbocycles. The highest BCUT2D eigenvalue weighted by Crippen LogP contribution is 2.15. The molecule has 2 heterocycles. The first-order chi connectivity index (χ1) is 8.66. The molecule has 1 amide bonds. The van der Waals surface area contributed by atoms with Crippen molar-refractivity contribution in [3.05, 3.63) is 18.3 Å². The third-order valence-electron chi connectivity index (χ3n) is 2.71. The van der Waals surface area contributed by atoms with Crippen LogP contribution < -0.4 is 10.2 Å². The second-order valence-corrected chi connectivity index (χ2v) is 4.76. The summed E-state index contributed by atoms with van der Waals surface area (Å²) in [5.41, 5.74) is 0.657. The first-order valence-electron chi connectivity index (χ1n) is 5.90. The third-order valence-corrected chi connectivity index (χ3v) is 2.91. The molecule has 1 fully saturated rings. The summed E-state index contributed by atoms with van der Waals surface area (Å²) in [6, 6.07) is 3.72. The van der Waals surface area contributed by atoms with Crippen molar-refractivity contribution in [2.24, 2.45) is 0 Å². The smallest absolute Gasteiger partial charge is 0.242 e. The van der Waals surface area contributed by atoms with Crippen LogP contribution in [0.2, 0.25) is 0 Å². The van der Waals surface area contributed by atoms with E-state index in [1.165, 1.54) is 0 Å². The predicted molar refractivity (Wildman–Crippen MR) is 71.2 cm³/mol. The third kappa shape index (κ3) is 3.34. The molecule has 0 aromatic carbocycles. The van der Waals surface area contributed by atoms with Crippen molar-refractivity contribution in [1.82, 2.24) is 4.98 Å². The summed E-state index contributed by atoms with van der Waals surface area (Å²) >= 11 is 5.68. The van der Waals surface area contributed by atoms with Gasteiger partial charge in [0.15, 0.2) is 0 Å². The van der Waals surface area contributed by atoms with Crippen LogP contribution in [0.4, 0.5) is 11.5 Å². The number of alkyl halides is 1. The molecular formula is C12H16ClN3O2. The fourth-order valence-electron chi connectivity index (χ4n) is 1.68. The van der Waals surface area contributed by atoms with Gasteiger partial charge in [-0.25, -0.2) is 4.98 Å². The van der Waals surface area contributed by atoms with Gasteiger partial charge in [-0.2, -0.15) is 0 Å². The lowest BCUT2D eigenvalue weighted by Crippen LogP contribution is -2.36. The van der Waals surface area contributed by atoms with Crippen LogP contribution in [-0.2, 0) is 9.53 Å². The fraction of sp³-hybridized carbons (Fsp3) is 0.500. The lowest BCUT2D eigenvalue weighted by molar-refractivity contribution is -0.115. The summed E-state index contributed by atoms with van der Waals surface area (Å²) < 4.78 is 5.28. The van der Waals surface area contributed by atoms with E-state index in [9.17, 15) is 4.79 Å². The van der Waals surface area contributed by atoms with Gasteiger partial charge in [0.1, 0.15) is 11.2 Å². The van der Waals surface area contributed by atoms with Gasteiger partial charge in [-0.05, 0) is 19.1 Å². The summed E-state index contributed by atoms with van der Waals surface area (Å²) in [4.78, 5) is 17.9. The highest BCUT2D eigenvalue weighted by atomic mass is 35.5. The molecule has 1 aliphatic rings. The van der Waals surface area contributed by atoms with Crippen molar-refractivity contribution in [3.63, 3.8) is 0 Å². The van der Waals surface area contributed by atoms with Crippen LogP contribution >= 0.6 is 11.6 Å². The van der Waals surface area contributed by atoms with Gasteiger partial charge < -0.3 is 15.0 Å². The topological polar surface area (TPSA) is 54.5 Å².